The van der Waals surface area contributed by atoms with Crippen molar-refractivity contribution in [1.82, 2.24) is 5.32 Å². The molecule has 1 heterocycles. The summed E-state index contributed by atoms with van der Waals surface area (Å²) in [6.07, 6.45) is 3.52. The number of hydrogen-bond acceptors (Lipinski definition) is 3. The molecule has 0 amide bonds. The molecule has 0 aliphatic carbocycles. The summed E-state index contributed by atoms with van der Waals surface area (Å²) in [5, 5.41) is 3.65. The number of methoxy groups -OCH3 is 1. The minimum absolute atomic E-state index is 0.125. The third-order valence-electron chi connectivity index (χ3n) is 4.61. The van der Waals surface area contributed by atoms with Crippen molar-refractivity contribution < 1.29 is 9.47 Å². The molecule has 1 N–H and O–H groups in total. The van der Waals surface area contributed by atoms with Gasteiger partial charge in [-0.1, -0.05) is 13.0 Å². The summed E-state index contributed by atoms with van der Waals surface area (Å²) in [5.74, 6) is 0.959. The third kappa shape index (κ3) is 3.41. The summed E-state index contributed by atoms with van der Waals surface area (Å²) in [7, 11) is 1.73. The molecule has 1 aliphatic rings. The van der Waals surface area contributed by atoms with Crippen LogP contribution in [0.3, 0.4) is 0 Å². The summed E-state index contributed by atoms with van der Waals surface area (Å²) in [4.78, 5) is 0. The van der Waals surface area contributed by atoms with Crippen LogP contribution in [0.15, 0.2) is 12.1 Å². The lowest BCUT2D eigenvalue weighted by atomic mass is 9.82. The molecular formula is C18H29NO2. The molecule has 1 aliphatic heterocycles. The average Bonchev–Trinajstić information content (AvgIpc) is 2.47. The van der Waals surface area contributed by atoms with E-state index in [2.05, 4.69) is 45.1 Å². The quantitative estimate of drug-likeness (QED) is 0.892. The maximum absolute atomic E-state index is 6.19. The fourth-order valence-electron chi connectivity index (χ4n) is 3.39. The fraction of sp³-hybridized carbons (Fsp3) is 0.667. The summed E-state index contributed by atoms with van der Waals surface area (Å²) in [6, 6.07) is 4.62. The van der Waals surface area contributed by atoms with E-state index in [4.69, 9.17) is 9.47 Å². The molecule has 1 saturated heterocycles. The van der Waals surface area contributed by atoms with Crippen molar-refractivity contribution in [3.63, 3.8) is 0 Å². The lowest BCUT2D eigenvalue weighted by Gasteiger charge is -2.42. The van der Waals surface area contributed by atoms with Gasteiger partial charge in [0.1, 0.15) is 5.75 Å². The van der Waals surface area contributed by atoms with Crippen LogP contribution in [-0.2, 0) is 4.74 Å². The van der Waals surface area contributed by atoms with Gasteiger partial charge in [-0.05, 0) is 69.3 Å². The van der Waals surface area contributed by atoms with Gasteiger partial charge in [-0.15, -0.1) is 0 Å². The molecule has 21 heavy (non-hydrogen) atoms. The van der Waals surface area contributed by atoms with Gasteiger partial charge in [-0.2, -0.15) is 0 Å². The topological polar surface area (TPSA) is 30.5 Å². The Balaban J connectivity index is 2.40. The zero-order chi connectivity index (χ0) is 15.5. The molecule has 0 saturated carbocycles. The predicted octanol–water partition coefficient (Wildman–Crippen LogP) is 3.92. The minimum Gasteiger partial charge on any atom is -0.496 e. The number of likely N-dealkylation sites (N-methyl/N-ethyl adjacent to an activating group) is 1. The van der Waals surface area contributed by atoms with Crippen molar-refractivity contribution in [1.29, 1.82) is 0 Å². The highest BCUT2D eigenvalue weighted by Gasteiger charge is 2.38. The van der Waals surface area contributed by atoms with E-state index in [1.165, 1.54) is 29.5 Å². The lowest BCUT2D eigenvalue weighted by Crippen LogP contribution is -2.46. The SMILES string of the molecule is CCNC(c1cc(C)c(OC)cc1C)C1(C)CCCCO1. The number of hydrogen-bond donors (Lipinski definition) is 1. The van der Waals surface area contributed by atoms with Crippen molar-refractivity contribution >= 4 is 0 Å². The molecule has 2 atom stereocenters. The highest BCUT2D eigenvalue weighted by atomic mass is 16.5. The molecule has 3 heteroatoms. The molecule has 2 rings (SSSR count). The number of ether oxygens (including phenoxy) is 2. The van der Waals surface area contributed by atoms with Crippen LogP contribution in [0.4, 0.5) is 0 Å². The van der Waals surface area contributed by atoms with Crippen LogP contribution in [0.5, 0.6) is 5.75 Å². The number of nitrogens with one attached hydrogen (secondary N) is 1. The molecule has 118 valence electrons. The second-order valence-corrected chi connectivity index (χ2v) is 6.29. The maximum Gasteiger partial charge on any atom is 0.122 e. The van der Waals surface area contributed by atoms with Gasteiger partial charge >= 0.3 is 0 Å². The largest absolute Gasteiger partial charge is 0.496 e. The first-order chi connectivity index (χ1) is 10.0. The molecule has 2 unspecified atom stereocenters. The summed E-state index contributed by atoms with van der Waals surface area (Å²) in [6.45, 7) is 10.5. The molecule has 1 aromatic carbocycles. The van der Waals surface area contributed by atoms with Gasteiger partial charge in [0.2, 0.25) is 0 Å². The Morgan fingerprint density at radius 3 is 2.62 bits per heavy atom. The molecule has 1 aromatic rings. The van der Waals surface area contributed by atoms with E-state index in [1.807, 2.05) is 0 Å². The summed E-state index contributed by atoms with van der Waals surface area (Å²) < 4.78 is 11.6. The van der Waals surface area contributed by atoms with E-state index >= 15 is 0 Å². The van der Waals surface area contributed by atoms with E-state index in [9.17, 15) is 0 Å². The monoisotopic (exact) mass is 291 g/mol. The zero-order valence-corrected chi connectivity index (χ0v) is 14.1. The van der Waals surface area contributed by atoms with Crippen LogP contribution in [0.2, 0.25) is 0 Å². The first kappa shape index (κ1) is 16.3. The van der Waals surface area contributed by atoms with Crippen LogP contribution in [0.1, 0.15) is 55.8 Å². The number of aryl methyl sites for hydroxylation is 2. The maximum atomic E-state index is 6.19. The van der Waals surface area contributed by atoms with Gasteiger partial charge in [-0.25, -0.2) is 0 Å². The van der Waals surface area contributed by atoms with Crippen LogP contribution < -0.4 is 10.1 Å². The van der Waals surface area contributed by atoms with Gasteiger partial charge in [0.15, 0.2) is 0 Å². The van der Waals surface area contributed by atoms with Crippen molar-refractivity contribution in [2.45, 2.75) is 58.6 Å². The third-order valence-corrected chi connectivity index (χ3v) is 4.61. The molecule has 3 nitrogen and oxygen atoms in total. The van der Waals surface area contributed by atoms with Gasteiger partial charge in [0, 0.05) is 6.61 Å². The molecule has 1 fully saturated rings. The Labute approximate surface area is 129 Å². The smallest absolute Gasteiger partial charge is 0.122 e. The Morgan fingerprint density at radius 1 is 1.29 bits per heavy atom. The molecule has 0 aromatic heterocycles. The first-order valence-electron chi connectivity index (χ1n) is 8.04. The first-order valence-corrected chi connectivity index (χ1v) is 8.04. The van der Waals surface area contributed by atoms with Crippen molar-refractivity contribution in [2.24, 2.45) is 0 Å². The van der Waals surface area contributed by atoms with Crippen LogP contribution in [0.25, 0.3) is 0 Å². The van der Waals surface area contributed by atoms with Gasteiger partial charge < -0.3 is 14.8 Å². The predicted molar refractivity (Wildman–Crippen MR) is 87.1 cm³/mol. The van der Waals surface area contributed by atoms with E-state index in [1.54, 1.807) is 7.11 Å². The van der Waals surface area contributed by atoms with Gasteiger partial charge in [0.05, 0.1) is 18.8 Å². The van der Waals surface area contributed by atoms with E-state index in [0.29, 0.717) is 0 Å². The zero-order valence-electron chi connectivity index (χ0n) is 14.1. The standard InChI is InChI=1S/C18H29NO2/c1-6-19-17(18(4)9-7-8-10-21-18)15-11-14(3)16(20-5)12-13(15)2/h11-12,17,19H,6-10H2,1-5H3. The van der Waals surface area contributed by atoms with Crippen molar-refractivity contribution in [3.05, 3.63) is 28.8 Å². The van der Waals surface area contributed by atoms with Crippen molar-refractivity contribution in [3.8, 4) is 5.75 Å². The van der Waals surface area contributed by atoms with Gasteiger partial charge in [-0.3, -0.25) is 0 Å². The summed E-state index contributed by atoms with van der Waals surface area (Å²) in [5.41, 5.74) is 3.65. The Kier molecular flexibility index (Phi) is 5.28. The second-order valence-electron chi connectivity index (χ2n) is 6.29. The van der Waals surface area contributed by atoms with E-state index in [-0.39, 0.29) is 11.6 Å². The highest BCUT2D eigenvalue weighted by molar-refractivity contribution is 5.43. The molecule has 0 bridgehead atoms. The second kappa shape index (κ2) is 6.80. The number of benzene rings is 1. The Hall–Kier alpha value is -1.06. The Bertz CT molecular complexity index is 478. The van der Waals surface area contributed by atoms with Crippen molar-refractivity contribution in [2.75, 3.05) is 20.3 Å². The van der Waals surface area contributed by atoms with Crippen LogP contribution in [0, 0.1) is 13.8 Å². The molecule has 0 radical (unpaired) electrons. The van der Waals surface area contributed by atoms with Crippen LogP contribution >= 0.6 is 0 Å². The summed E-state index contributed by atoms with van der Waals surface area (Å²) >= 11 is 0. The molecular weight excluding hydrogens is 262 g/mol. The van der Waals surface area contributed by atoms with E-state index < -0.39 is 0 Å². The average molecular weight is 291 g/mol. The van der Waals surface area contributed by atoms with Gasteiger partial charge in [0.25, 0.3) is 0 Å². The number of rotatable bonds is 5. The normalized spacial score (nSPS) is 23.9. The van der Waals surface area contributed by atoms with E-state index in [0.717, 1.165) is 25.3 Å². The Morgan fingerprint density at radius 2 is 2.05 bits per heavy atom. The fourth-order valence-corrected chi connectivity index (χ4v) is 3.39. The van der Waals surface area contributed by atoms with Crippen LogP contribution in [-0.4, -0.2) is 25.9 Å². The molecule has 0 spiro atoms. The lowest BCUT2D eigenvalue weighted by molar-refractivity contribution is -0.0896. The highest BCUT2D eigenvalue weighted by Crippen LogP contribution is 2.39. The minimum atomic E-state index is -0.125.